The van der Waals surface area contributed by atoms with Crippen molar-refractivity contribution >= 4 is 10.0 Å². The lowest BCUT2D eigenvalue weighted by atomic mass is 10.1. The van der Waals surface area contributed by atoms with Crippen LogP contribution in [-0.2, 0) is 10.0 Å². The summed E-state index contributed by atoms with van der Waals surface area (Å²) in [6, 6.07) is 11.6. The van der Waals surface area contributed by atoms with E-state index in [1.165, 1.54) is 4.31 Å². The number of benzene rings is 2. The number of sulfonamides is 1. The second kappa shape index (κ2) is 6.58. The zero-order valence-electron chi connectivity index (χ0n) is 13.2. The zero-order chi connectivity index (χ0) is 17.3. The van der Waals surface area contributed by atoms with Crippen LogP contribution in [0.4, 0.5) is 8.78 Å². The zero-order valence-corrected chi connectivity index (χ0v) is 14.0. The first-order valence-electron chi connectivity index (χ1n) is 7.60. The normalized spacial score (nSPS) is 20.2. The summed E-state index contributed by atoms with van der Waals surface area (Å²) in [6.45, 7) is 1.40. The van der Waals surface area contributed by atoms with Gasteiger partial charge in [-0.1, -0.05) is 30.3 Å². The molecule has 128 valence electrons. The van der Waals surface area contributed by atoms with Crippen molar-refractivity contribution in [3.63, 3.8) is 0 Å². The molecule has 0 spiro atoms. The van der Waals surface area contributed by atoms with Crippen LogP contribution in [0.3, 0.4) is 0 Å². The van der Waals surface area contributed by atoms with Crippen LogP contribution in [0.1, 0.15) is 11.6 Å². The molecular weight excluding hydrogens is 334 g/mol. The van der Waals surface area contributed by atoms with E-state index >= 15 is 0 Å². The Labute approximate surface area is 140 Å². The van der Waals surface area contributed by atoms with Gasteiger partial charge in [-0.2, -0.15) is 4.31 Å². The summed E-state index contributed by atoms with van der Waals surface area (Å²) < 4.78 is 53.9. The van der Waals surface area contributed by atoms with E-state index in [-0.39, 0.29) is 17.5 Å². The van der Waals surface area contributed by atoms with E-state index in [9.17, 15) is 17.2 Å². The van der Waals surface area contributed by atoms with Crippen molar-refractivity contribution in [2.75, 3.05) is 26.7 Å². The molecule has 0 radical (unpaired) electrons. The maximum Gasteiger partial charge on any atom is 0.243 e. The predicted octanol–water partition coefficient (Wildman–Crippen LogP) is 2.64. The van der Waals surface area contributed by atoms with Crippen molar-refractivity contribution in [3.8, 4) is 0 Å². The fraction of sp³-hybridized carbons (Fsp3) is 0.294. The molecule has 1 saturated heterocycles. The van der Waals surface area contributed by atoms with Gasteiger partial charge >= 0.3 is 0 Å². The Kier molecular flexibility index (Phi) is 4.67. The van der Waals surface area contributed by atoms with Gasteiger partial charge in [0, 0.05) is 19.6 Å². The quantitative estimate of drug-likeness (QED) is 0.853. The summed E-state index contributed by atoms with van der Waals surface area (Å²) in [4.78, 5) is 1.82. The molecule has 0 aliphatic carbocycles. The Morgan fingerprint density at radius 3 is 2.38 bits per heavy atom. The molecule has 1 atom stereocenters. The van der Waals surface area contributed by atoms with Gasteiger partial charge in [0.1, 0.15) is 0 Å². The number of hydrogen-bond donors (Lipinski definition) is 0. The first-order chi connectivity index (χ1) is 11.4. The second-order valence-electron chi connectivity index (χ2n) is 5.88. The van der Waals surface area contributed by atoms with Gasteiger partial charge in [0.2, 0.25) is 10.0 Å². The third-order valence-corrected chi connectivity index (χ3v) is 6.12. The molecule has 2 aromatic rings. The highest BCUT2D eigenvalue weighted by molar-refractivity contribution is 7.89. The molecule has 7 heteroatoms. The van der Waals surface area contributed by atoms with Crippen LogP contribution >= 0.6 is 0 Å². The standard InChI is InChI=1S/C17H18F2N2O2S/c1-20-9-10-21(17(12-20)13-5-3-2-4-6-13)24(22,23)14-7-8-15(18)16(19)11-14/h2-8,11,17H,9-10,12H2,1H3/t17-/m1/s1. The molecule has 0 aromatic heterocycles. The minimum atomic E-state index is -3.92. The molecule has 0 amide bonds. The Morgan fingerprint density at radius 1 is 1.00 bits per heavy atom. The Bertz CT molecular complexity index is 828. The van der Waals surface area contributed by atoms with Crippen LogP contribution in [0.5, 0.6) is 0 Å². The Hall–Kier alpha value is -1.83. The monoisotopic (exact) mass is 352 g/mol. The van der Waals surface area contributed by atoms with Crippen molar-refractivity contribution in [1.29, 1.82) is 0 Å². The molecule has 0 unspecified atom stereocenters. The Morgan fingerprint density at radius 2 is 1.71 bits per heavy atom. The van der Waals surface area contributed by atoms with Crippen molar-refractivity contribution < 1.29 is 17.2 Å². The predicted molar refractivity (Wildman–Crippen MR) is 86.9 cm³/mol. The fourth-order valence-electron chi connectivity index (χ4n) is 2.91. The van der Waals surface area contributed by atoms with Gasteiger partial charge in [-0.3, -0.25) is 0 Å². The van der Waals surface area contributed by atoms with E-state index in [1.807, 2.05) is 37.4 Å². The number of piperazine rings is 1. The van der Waals surface area contributed by atoms with Crippen LogP contribution in [0.15, 0.2) is 53.4 Å². The molecule has 0 bridgehead atoms. The summed E-state index contributed by atoms with van der Waals surface area (Å²) in [5.41, 5.74) is 0.871. The lowest BCUT2D eigenvalue weighted by Crippen LogP contribution is -2.49. The van der Waals surface area contributed by atoms with E-state index in [1.54, 1.807) is 0 Å². The average molecular weight is 352 g/mol. The first-order valence-corrected chi connectivity index (χ1v) is 9.04. The van der Waals surface area contributed by atoms with E-state index in [0.717, 1.165) is 23.8 Å². The van der Waals surface area contributed by atoms with E-state index < -0.39 is 21.7 Å². The molecule has 24 heavy (non-hydrogen) atoms. The van der Waals surface area contributed by atoms with E-state index in [2.05, 4.69) is 4.90 Å². The van der Waals surface area contributed by atoms with E-state index in [0.29, 0.717) is 13.1 Å². The lowest BCUT2D eigenvalue weighted by molar-refractivity contribution is 0.160. The average Bonchev–Trinajstić information content (AvgIpc) is 2.57. The number of nitrogens with zero attached hydrogens (tertiary/aromatic N) is 2. The summed E-state index contributed by atoms with van der Waals surface area (Å²) in [5, 5.41) is 0. The molecule has 1 aliphatic heterocycles. The molecule has 0 N–H and O–H groups in total. The van der Waals surface area contributed by atoms with Crippen molar-refractivity contribution in [2.24, 2.45) is 0 Å². The molecule has 4 nitrogen and oxygen atoms in total. The van der Waals surface area contributed by atoms with Crippen LogP contribution in [0, 0.1) is 11.6 Å². The molecule has 2 aromatic carbocycles. The maximum atomic E-state index is 13.5. The maximum absolute atomic E-state index is 13.5. The van der Waals surface area contributed by atoms with Crippen LogP contribution in [0.2, 0.25) is 0 Å². The fourth-order valence-corrected chi connectivity index (χ4v) is 4.52. The lowest BCUT2D eigenvalue weighted by Gasteiger charge is -2.39. The molecule has 1 fully saturated rings. The highest BCUT2D eigenvalue weighted by Crippen LogP contribution is 2.31. The van der Waals surface area contributed by atoms with Crippen LogP contribution < -0.4 is 0 Å². The highest BCUT2D eigenvalue weighted by atomic mass is 32.2. The van der Waals surface area contributed by atoms with Gasteiger partial charge in [-0.05, 0) is 30.8 Å². The van der Waals surface area contributed by atoms with Gasteiger partial charge in [0.05, 0.1) is 10.9 Å². The third-order valence-electron chi connectivity index (χ3n) is 4.22. The molecular formula is C17H18F2N2O2S. The van der Waals surface area contributed by atoms with Crippen LogP contribution in [-0.4, -0.2) is 44.3 Å². The third kappa shape index (κ3) is 3.19. The van der Waals surface area contributed by atoms with Crippen molar-refractivity contribution in [1.82, 2.24) is 9.21 Å². The Balaban J connectivity index is 2.02. The van der Waals surface area contributed by atoms with E-state index in [4.69, 9.17) is 0 Å². The first kappa shape index (κ1) is 17.0. The van der Waals surface area contributed by atoms with Crippen molar-refractivity contribution in [3.05, 3.63) is 65.7 Å². The minimum Gasteiger partial charge on any atom is -0.303 e. The number of likely N-dealkylation sites (N-methyl/N-ethyl adjacent to an activating group) is 1. The largest absolute Gasteiger partial charge is 0.303 e. The van der Waals surface area contributed by atoms with Gasteiger partial charge in [-0.15, -0.1) is 0 Å². The number of halogens is 2. The van der Waals surface area contributed by atoms with Crippen LogP contribution in [0.25, 0.3) is 0 Å². The summed E-state index contributed by atoms with van der Waals surface area (Å²) in [7, 11) is -1.99. The van der Waals surface area contributed by atoms with Gasteiger partial charge in [0.25, 0.3) is 0 Å². The van der Waals surface area contributed by atoms with Crippen molar-refractivity contribution in [2.45, 2.75) is 10.9 Å². The topological polar surface area (TPSA) is 40.6 Å². The van der Waals surface area contributed by atoms with Gasteiger partial charge < -0.3 is 4.90 Å². The van der Waals surface area contributed by atoms with Gasteiger partial charge in [-0.25, -0.2) is 17.2 Å². The molecule has 0 saturated carbocycles. The number of rotatable bonds is 3. The number of hydrogen-bond acceptors (Lipinski definition) is 3. The second-order valence-corrected chi connectivity index (χ2v) is 7.77. The SMILES string of the molecule is CN1CCN(S(=O)(=O)c2ccc(F)c(F)c2)[C@@H](c2ccccc2)C1. The summed E-state index contributed by atoms with van der Waals surface area (Å²) >= 11 is 0. The smallest absolute Gasteiger partial charge is 0.243 e. The summed E-state index contributed by atoms with van der Waals surface area (Å²) in [5.74, 6) is -2.23. The minimum absolute atomic E-state index is 0.230. The highest BCUT2D eigenvalue weighted by Gasteiger charge is 2.36. The van der Waals surface area contributed by atoms with Gasteiger partial charge in [0.15, 0.2) is 11.6 Å². The molecule has 1 heterocycles. The summed E-state index contributed by atoms with van der Waals surface area (Å²) in [6.07, 6.45) is 0. The molecule has 3 rings (SSSR count). The molecule has 1 aliphatic rings.